The van der Waals surface area contributed by atoms with Gasteiger partial charge in [0.25, 0.3) is 5.91 Å². The van der Waals surface area contributed by atoms with E-state index in [2.05, 4.69) is 37.9 Å². The highest BCUT2D eigenvalue weighted by atomic mass is 16.5. The Kier molecular flexibility index (Phi) is 6.01. The maximum absolute atomic E-state index is 12.5. The monoisotopic (exact) mass is 380 g/mol. The molecule has 7 heteroatoms. The molecule has 1 saturated carbocycles. The van der Waals surface area contributed by atoms with Crippen molar-refractivity contribution in [2.45, 2.75) is 64.7 Å². The summed E-state index contributed by atoms with van der Waals surface area (Å²) >= 11 is 0. The minimum atomic E-state index is -0.221. The van der Waals surface area contributed by atoms with Gasteiger partial charge in [0, 0.05) is 57.9 Å². The van der Waals surface area contributed by atoms with Crippen LogP contribution in [0.4, 0.5) is 0 Å². The average molecular weight is 381 g/mol. The number of hydrogen-bond acceptors (Lipinski definition) is 4. The molecule has 1 aliphatic carbocycles. The van der Waals surface area contributed by atoms with Gasteiger partial charge in [-0.2, -0.15) is 0 Å². The van der Waals surface area contributed by atoms with Crippen molar-refractivity contribution >= 4 is 11.9 Å². The molecule has 0 radical (unpaired) electrons. The summed E-state index contributed by atoms with van der Waals surface area (Å²) in [5, 5.41) is 3.67. The molecule has 1 N–H and O–H groups in total. The van der Waals surface area contributed by atoms with E-state index in [-0.39, 0.29) is 23.0 Å². The molecule has 3 aliphatic rings. The molecule has 0 aromatic carbocycles. The van der Waals surface area contributed by atoms with E-state index in [9.17, 15) is 4.79 Å². The first kappa shape index (κ1) is 20.4. The molecule has 2 aliphatic heterocycles. The third-order valence-corrected chi connectivity index (χ3v) is 6.99. The van der Waals surface area contributed by atoms with Gasteiger partial charge in [-0.15, -0.1) is 0 Å². The molecular weight excluding hydrogens is 344 g/mol. The Morgan fingerprint density at radius 2 is 1.89 bits per heavy atom. The van der Waals surface area contributed by atoms with Crippen molar-refractivity contribution in [1.29, 1.82) is 0 Å². The third-order valence-electron chi connectivity index (χ3n) is 6.99. The number of carbonyl (C=O) groups excluding carboxylic acids is 1. The summed E-state index contributed by atoms with van der Waals surface area (Å²) < 4.78 is 11.3. The van der Waals surface area contributed by atoms with Crippen LogP contribution in [0.1, 0.15) is 47.0 Å². The zero-order valence-electron chi connectivity index (χ0n) is 17.6. The van der Waals surface area contributed by atoms with E-state index in [1.165, 1.54) is 0 Å². The molecule has 0 aromatic rings. The first-order valence-electron chi connectivity index (χ1n) is 10.3. The number of nitrogens with one attached hydrogen (secondary N) is 1. The van der Waals surface area contributed by atoms with Gasteiger partial charge in [0.05, 0.1) is 5.60 Å². The zero-order chi connectivity index (χ0) is 19.7. The highest BCUT2D eigenvalue weighted by molar-refractivity contribution is 5.83. The molecule has 2 saturated heterocycles. The third kappa shape index (κ3) is 3.81. The van der Waals surface area contributed by atoms with E-state index in [1.807, 2.05) is 4.90 Å². The molecule has 0 aromatic heterocycles. The summed E-state index contributed by atoms with van der Waals surface area (Å²) in [6, 6.07) is 0.333. The summed E-state index contributed by atoms with van der Waals surface area (Å²) in [7, 11) is 1.79. The topological polar surface area (TPSA) is 66.4 Å². The summed E-state index contributed by atoms with van der Waals surface area (Å²) in [6.45, 7) is 13.3. The number of carbonyl (C=O) groups is 1. The Morgan fingerprint density at radius 3 is 2.41 bits per heavy atom. The standard InChI is InChI=1S/C20H36N4O3/c1-6-21-18(22-16-14-20(4,26-5)19(16,2)3)24-11-9-23(10-12-24)17(25)15-8-7-13-27-15/h15-16H,6-14H2,1-5H3,(H,21,22). The number of guanidine groups is 1. The fourth-order valence-corrected chi connectivity index (χ4v) is 4.38. The fraction of sp³-hybridized carbons (Fsp3) is 0.900. The van der Waals surface area contributed by atoms with Crippen molar-refractivity contribution in [2.75, 3.05) is 46.4 Å². The highest BCUT2D eigenvalue weighted by Gasteiger charge is 2.58. The second-order valence-electron chi connectivity index (χ2n) is 8.67. The van der Waals surface area contributed by atoms with Gasteiger partial charge in [0.1, 0.15) is 6.10 Å². The number of aliphatic imine (C=N–C) groups is 1. The predicted molar refractivity (Wildman–Crippen MR) is 106 cm³/mol. The van der Waals surface area contributed by atoms with Gasteiger partial charge in [-0.3, -0.25) is 9.79 Å². The first-order valence-corrected chi connectivity index (χ1v) is 10.3. The molecule has 3 rings (SSSR count). The lowest BCUT2D eigenvalue weighted by Gasteiger charge is -2.59. The van der Waals surface area contributed by atoms with Crippen LogP contribution in [-0.2, 0) is 14.3 Å². The Morgan fingerprint density at radius 1 is 1.22 bits per heavy atom. The Bertz CT molecular complexity index is 566. The van der Waals surface area contributed by atoms with Gasteiger partial charge in [0.15, 0.2) is 5.96 Å². The van der Waals surface area contributed by atoms with E-state index in [1.54, 1.807) is 7.11 Å². The lowest BCUT2D eigenvalue weighted by atomic mass is 9.56. The first-order chi connectivity index (χ1) is 12.8. The molecule has 1 amide bonds. The maximum atomic E-state index is 12.5. The molecule has 27 heavy (non-hydrogen) atoms. The number of nitrogens with zero attached hydrogens (tertiary/aromatic N) is 3. The van der Waals surface area contributed by atoms with Crippen LogP contribution >= 0.6 is 0 Å². The summed E-state index contributed by atoms with van der Waals surface area (Å²) in [5.41, 5.74) is -0.0672. The van der Waals surface area contributed by atoms with E-state index in [0.717, 1.165) is 57.9 Å². The Balaban J connectivity index is 1.56. The zero-order valence-corrected chi connectivity index (χ0v) is 17.6. The summed E-state index contributed by atoms with van der Waals surface area (Å²) in [6.07, 6.45) is 2.60. The SMILES string of the molecule is CCN=C(NC1CC(C)(OC)C1(C)C)N1CCN(C(=O)C2CCCO2)CC1. The molecule has 3 fully saturated rings. The molecule has 0 spiro atoms. The van der Waals surface area contributed by atoms with Gasteiger partial charge in [0.2, 0.25) is 0 Å². The number of ether oxygens (including phenoxy) is 2. The number of rotatable bonds is 4. The number of methoxy groups -OCH3 is 1. The Labute approximate surface area is 163 Å². The summed E-state index contributed by atoms with van der Waals surface area (Å²) in [4.78, 5) is 21.5. The molecule has 0 bridgehead atoms. The lowest BCUT2D eigenvalue weighted by Crippen LogP contribution is -2.70. The van der Waals surface area contributed by atoms with Crippen molar-refractivity contribution in [3.8, 4) is 0 Å². The molecule has 7 nitrogen and oxygen atoms in total. The summed E-state index contributed by atoms with van der Waals surface area (Å²) in [5.74, 6) is 1.11. The lowest BCUT2D eigenvalue weighted by molar-refractivity contribution is -0.177. The van der Waals surface area contributed by atoms with Crippen LogP contribution in [0.2, 0.25) is 0 Å². The van der Waals surface area contributed by atoms with Gasteiger partial charge >= 0.3 is 0 Å². The average Bonchev–Trinajstić information content (AvgIpc) is 3.21. The largest absolute Gasteiger partial charge is 0.378 e. The maximum Gasteiger partial charge on any atom is 0.251 e. The van der Waals surface area contributed by atoms with E-state index in [0.29, 0.717) is 12.6 Å². The van der Waals surface area contributed by atoms with Crippen molar-refractivity contribution in [3.63, 3.8) is 0 Å². The van der Waals surface area contributed by atoms with Crippen molar-refractivity contribution in [3.05, 3.63) is 0 Å². The Hall–Kier alpha value is -1.34. The smallest absolute Gasteiger partial charge is 0.251 e. The van der Waals surface area contributed by atoms with Crippen LogP contribution in [-0.4, -0.2) is 85.9 Å². The van der Waals surface area contributed by atoms with Crippen LogP contribution in [0, 0.1) is 5.41 Å². The minimum absolute atomic E-state index is 0.0356. The number of amides is 1. The van der Waals surface area contributed by atoms with Crippen LogP contribution in [0.5, 0.6) is 0 Å². The predicted octanol–water partition coefficient (Wildman–Crippen LogP) is 1.48. The number of hydrogen-bond donors (Lipinski definition) is 1. The molecule has 2 heterocycles. The quantitative estimate of drug-likeness (QED) is 0.591. The van der Waals surface area contributed by atoms with Gasteiger partial charge in [-0.05, 0) is 33.1 Å². The highest BCUT2D eigenvalue weighted by Crippen LogP contribution is 2.51. The molecular formula is C20H36N4O3. The minimum Gasteiger partial charge on any atom is -0.378 e. The van der Waals surface area contributed by atoms with Crippen LogP contribution in [0.25, 0.3) is 0 Å². The number of piperazine rings is 1. The second-order valence-corrected chi connectivity index (χ2v) is 8.67. The van der Waals surface area contributed by atoms with Crippen LogP contribution < -0.4 is 5.32 Å². The molecule has 3 unspecified atom stereocenters. The van der Waals surface area contributed by atoms with E-state index >= 15 is 0 Å². The normalized spacial score (nSPS) is 33.7. The second kappa shape index (κ2) is 7.95. The van der Waals surface area contributed by atoms with E-state index < -0.39 is 0 Å². The fourth-order valence-electron chi connectivity index (χ4n) is 4.38. The van der Waals surface area contributed by atoms with E-state index in [4.69, 9.17) is 14.5 Å². The molecule has 154 valence electrons. The molecule has 3 atom stereocenters. The van der Waals surface area contributed by atoms with Crippen LogP contribution in [0.3, 0.4) is 0 Å². The van der Waals surface area contributed by atoms with Gasteiger partial charge < -0.3 is 24.6 Å². The van der Waals surface area contributed by atoms with Gasteiger partial charge in [-0.1, -0.05) is 13.8 Å². The van der Waals surface area contributed by atoms with Crippen molar-refractivity contribution in [2.24, 2.45) is 10.4 Å². The van der Waals surface area contributed by atoms with Crippen molar-refractivity contribution < 1.29 is 14.3 Å². The van der Waals surface area contributed by atoms with Crippen LogP contribution in [0.15, 0.2) is 4.99 Å². The van der Waals surface area contributed by atoms with Gasteiger partial charge in [-0.25, -0.2) is 0 Å². The van der Waals surface area contributed by atoms with Crippen molar-refractivity contribution in [1.82, 2.24) is 15.1 Å².